The van der Waals surface area contributed by atoms with Crippen molar-refractivity contribution in [2.24, 2.45) is 22.1 Å². The van der Waals surface area contributed by atoms with Gasteiger partial charge in [-0.05, 0) is 112 Å². The fraction of sp³-hybridized carbons (Fsp3) is 0.886. The van der Waals surface area contributed by atoms with Gasteiger partial charge >= 0.3 is 0 Å². The molecule has 0 amide bonds. The van der Waals surface area contributed by atoms with Crippen molar-refractivity contribution in [3.8, 4) is 0 Å². The van der Waals surface area contributed by atoms with E-state index in [4.69, 9.17) is 25.7 Å². The highest BCUT2D eigenvalue weighted by atomic mass is 15.4. The van der Waals surface area contributed by atoms with E-state index in [0.29, 0.717) is 5.92 Å². The molecule has 6 heterocycles. The molecule has 6 rings (SSSR count). The lowest BCUT2D eigenvalue weighted by Crippen LogP contribution is -2.77. The van der Waals surface area contributed by atoms with E-state index in [1.54, 1.807) is 0 Å². The van der Waals surface area contributed by atoms with Crippen molar-refractivity contribution < 1.29 is 0 Å². The Hall–Kier alpha value is -1.44. The van der Waals surface area contributed by atoms with Gasteiger partial charge in [-0.3, -0.25) is 9.89 Å². The summed E-state index contributed by atoms with van der Waals surface area (Å²) in [5.41, 5.74) is 7.36. The SMILES string of the molecule is CC(C)(C)CC(C)(C)c1nc2nc(n1)C21C(=NC2CC(C)(C)NC(C)(C)C2)CCCCC2C(N)CC(C)(C)N1C2(C)C. The summed E-state index contributed by atoms with van der Waals surface area (Å²) in [6.45, 7) is 30.4. The van der Waals surface area contributed by atoms with Crippen molar-refractivity contribution >= 4 is 5.71 Å². The first-order valence-corrected chi connectivity index (χ1v) is 16.7. The monoisotopic (exact) mass is 579 g/mol. The first-order chi connectivity index (χ1) is 19.0. The zero-order chi connectivity index (χ0) is 31.3. The highest BCUT2D eigenvalue weighted by Crippen LogP contribution is 2.56. The number of nitrogens with two attached hydrogens (primary N) is 1. The zero-order valence-corrected chi connectivity index (χ0v) is 29.2. The average Bonchev–Trinajstić information content (AvgIpc) is 2.79. The summed E-state index contributed by atoms with van der Waals surface area (Å²) in [4.78, 5) is 24.4. The van der Waals surface area contributed by atoms with E-state index >= 15 is 0 Å². The van der Waals surface area contributed by atoms with Crippen molar-refractivity contribution in [2.75, 3.05) is 0 Å². The highest BCUT2D eigenvalue weighted by Gasteiger charge is 2.67. The Morgan fingerprint density at radius 3 is 1.98 bits per heavy atom. The predicted molar refractivity (Wildman–Crippen MR) is 174 cm³/mol. The molecule has 3 saturated heterocycles. The maximum atomic E-state index is 7.00. The van der Waals surface area contributed by atoms with Crippen molar-refractivity contribution in [1.82, 2.24) is 25.2 Å². The molecule has 0 radical (unpaired) electrons. The Bertz CT molecular complexity index is 1190. The van der Waals surface area contributed by atoms with Gasteiger partial charge < -0.3 is 11.1 Å². The van der Waals surface area contributed by atoms with Gasteiger partial charge in [0.1, 0.15) is 5.82 Å². The van der Waals surface area contributed by atoms with Crippen molar-refractivity contribution in [2.45, 2.75) is 187 Å². The molecule has 1 aromatic heterocycles. The summed E-state index contributed by atoms with van der Waals surface area (Å²) < 4.78 is 0. The molecule has 0 aliphatic carbocycles. The number of hydrogen-bond donors (Lipinski definition) is 2. The molecule has 0 saturated carbocycles. The van der Waals surface area contributed by atoms with E-state index in [2.05, 4.69) is 100 Å². The van der Waals surface area contributed by atoms with E-state index in [1.807, 2.05) is 0 Å². The second-order valence-electron chi connectivity index (χ2n) is 18.7. The van der Waals surface area contributed by atoms with Gasteiger partial charge in [0.15, 0.2) is 17.2 Å². The van der Waals surface area contributed by atoms with Crippen molar-refractivity contribution in [3.05, 3.63) is 17.5 Å². The van der Waals surface area contributed by atoms with E-state index < -0.39 is 5.54 Å². The molecule has 5 aliphatic heterocycles. The Labute approximate surface area is 256 Å². The molecule has 5 aliphatic rings. The van der Waals surface area contributed by atoms with E-state index in [9.17, 15) is 0 Å². The number of aliphatic imine (C=N–C) groups is 1. The predicted octanol–water partition coefficient (Wildman–Crippen LogP) is 6.67. The Kier molecular flexibility index (Phi) is 7.44. The van der Waals surface area contributed by atoms with Gasteiger partial charge in [-0.25, -0.2) is 15.0 Å². The lowest BCUT2D eigenvalue weighted by molar-refractivity contribution is -0.125. The van der Waals surface area contributed by atoms with Crippen LogP contribution in [0.25, 0.3) is 0 Å². The van der Waals surface area contributed by atoms with E-state index in [1.165, 1.54) is 12.1 Å². The summed E-state index contributed by atoms with van der Waals surface area (Å²) in [7, 11) is 0. The van der Waals surface area contributed by atoms with Crippen LogP contribution in [0.15, 0.2) is 4.99 Å². The highest BCUT2D eigenvalue weighted by molar-refractivity contribution is 5.98. The number of hydrogen-bond acceptors (Lipinski definition) is 7. The topological polar surface area (TPSA) is 92.3 Å². The zero-order valence-electron chi connectivity index (χ0n) is 29.2. The lowest BCUT2D eigenvalue weighted by Gasteiger charge is -2.65. The molecule has 3 N–H and O–H groups in total. The third-order valence-corrected chi connectivity index (χ3v) is 10.6. The van der Waals surface area contributed by atoms with Crippen LogP contribution in [-0.4, -0.2) is 59.8 Å². The van der Waals surface area contributed by atoms with Crippen LogP contribution in [0.2, 0.25) is 0 Å². The largest absolute Gasteiger partial charge is 0.327 e. The summed E-state index contributed by atoms with van der Waals surface area (Å²) in [6, 6.07) is 0.405. The van der Waals surface area contributed by atoms with Crippen LogP contribution in [0, 0.1) is 11.3 Å². The Morgan fingerprint density at radius 2 is 1.43 bits per heavy atom. The molecule has 3 unspecified atom stereocenters. The van der Waals surface area contributed by atoms with E-state index in [0.717, 1.165) is 62.4 Å². The number of nitrogens with one attached hydrogen (secondary N) is 1. The Balaban J connectivity index is 1.72. The molecular formula is C35H61N7. The molecule has 3 atom stereocenters. The van der Waals surface area contributed by atoms with E-state index in [-0.39, 0.29) is 45.1 Å². The Morgan fingerprint density at radius 1 is 0.857 bits per heavy atom. The lowest BCUT2D eigenvalue weighted by atomic mass is 9.64. The third-order valence-electron chi connectivity index (χ3n) is 10.6. The molecule has 7 nitrogen and oxygen atoms in total. The van der Waals surface area contributed by atoms with Gasteiger partial charge in [0.25, 0.3) is 0 Å². The van der Waals surface area contributed by atoms with Crippen LogP contribution in [0.5, 0.6) is 0 Å². The van der Waals surface area contributed by atoms with Gasteiger partial charge in [0.2, 0.25) is 0 Å². The van der Waals surface area contributed by atoms with Crippen LogP contribution in [0.1, 0.15) is 159 Å². The van der Waals surface area contributed by atoms with Gasteiger partial charge in [0.05, 0.1) is 6.04 Å². The van der Waals surface area contributed by atoms with Crippen LogP contribution in [0.3, 0.4) is 0 Å². The molecule has 1 aromatic rings. The molecular weight excluding hydrogens is 518 g/mol. The number of piperidine rings is 2. The molecule has 236 valence electrons. The van der Waals surface area contributed by atoms with Gasteiger partial charge in [-0.1, -0.05) is 41.0 Å². The minimum Gasteiger partial charge on any atom is -0.327 e. The molecule has 3 fully saturated rings. The second kappa shape index (κ2) is 9.78. The van der Waals surface area contributed by atoms with Crippen LogP contribution in [0.4, 0.5) is 0 Å². The summed E-state index contributed by atoms with van der Waals surface area (Å²) in [6.07, 6.45) is 8.35. The number of fused-ring (bicyclic) bond motifs is 4. The maximum Gasteiger partial charge on any atom is 0.181 e. The molecule has 1 spiro atoms. The number of aromatic nitrogens is 3. The number of rotatable bonds is 3. The first kappa shape index (κ1) is 32.0. The van der Waals surface area contributed by atoms with Gasteiger partial charge in [-0.2, -0.15) is 0 Å². The first-order valence-electron chi connectivity index (χ1n) is 16.7. The van der Waals surface area contributed by atoms with Gasteiger partial charge in [0, 0.05) is 39.3 Å². The fourth-order valence-corrected chi connectivity index (χ4v) is 10.4. The molecule has 4 bridgehead atoms. The smallest absolute Gasteiger partial charge is 0.181 e. The quantitative estimate of drug-likeness (QED) is 0.415. The molecule has 7 heteroatoms. The molecule has 0 aromatic carbocycles. The third kappa shape index (κ3) is 5.38. The normalized spacial score (nSPS) is 32.5. The van der Waals surface area contributed by atoms with Gasteiger partial charge in [-0.15, -0.1) is 0 Å². The summed E-state index contributed by atoms with van der Waals surface area (Å²) in [5, 5.41) is 3.86. The van der Waals surface area contributed by atoms with Crippen LogP contribution in [-0.2, 0) is 11.0 Å². The summed E-state index contributed by atoms with van der Waals surface area (Å²) >= 11 is 0. The molecule has 42 heavy (non-hydrogen) atoms. The van der Waals surface area contributed by atoms with Crippen LogP contribution < -0.4 is 11.1 Å². The van der Waals surface area contributed by atoms with Crippen molar-refractivity contribution in [1.29, 1.82) is 0 Å². The summed E-state index contributed by atoms with van der Waals surface area (Å²) in [5.74, 6) is 3.13. The second-order valence-corrected chi connectivity index (χ2v) is 18.7. The standard InChI is InChI=1S/C35H61N7/c1-29(2,3)21-30(4,5)26-38-27-35(28(39-26)40-27)25(37-22-18-31(6,7)41-32(8,9)19-22)17-15-14-16-23-24(36)20-33(10,11)42(35)34(23,12)13/h22-24,41H,14-21,36H2,1-13H3. The van der Waals surface area contributed by atoms with Crippen LogP contribution >= 0.6 is 0 Å². The maximum absolute atomic E-state index is 7.00. The number of nitrogens with zero attached hydrogens (tertiary/aromatic N) is 5. The van der Waals surface area contributed by atoms with Crippen molar-refractivity contribution in [3.63, 3.8) is 0 Å². The minimum absolute atomic E-state index is 0.0243. The average molecular weight is 580 g/mol. The fourth-order valence-electron chi connectivity index (χ4n) is 10.4. The minimum atomic E-state index is -0.601.